The van der Waals surface area contributed by atoms with Crippen molar-refractivity contribution in [3.8, 4) is 0 Å². The lowest BCUT2D eigenvalue weighted by atomic mass is 9.94. The number of carbonyl (C=O) groups is 2. The highest BCUT2D eigenvalue weighted by molar-refractivity contribution is 5.82. The van der Waals surface area contributed by atoms with Crippen LogP contribution in [0.2, 0.25) is 0 Å². The van der Waals surface area contributed by atoms with Crippen LogP contribution in [0.4, 0.5) is 4.79 Å². The smallest absolute Gasteiger partial charge is 0.407 e. The average molecular weight is 333 g/mol. The minimum absolute atomic E-state index is 0.0157. The fourth-order valence-electron chi connectivity index (χ4n) is 2.73. The van der Waals surface area contributed by atoms with Gasteiger partial charge in [-0.25, -0.2) is 4.79 Å². The molecule has 6 heteroatoms. The van der Waals surface area contributed by atoms with Crippen molar-refractivity contribution in [3.63, 3.8) is 0 Å². The summed E-state index contributed by atoms with van der Waals surface area (Å²) >= 11 is 0. The van der Waals surface area contributed by atoms with Gasteiger partial charge in [0.2, 0.25) is 5.91 Å². The van der Waals surface area contributed by atoms with Gasteiger partial charge >= 0.3 is 6.09 Å². The molecule has 0 spiro atoms. The number of hydrogen-bond acceptors (Lipinski definition) is 4. The highest BCUT2D eigenvalue weighted by Crippen LogP contribution is 2.21. The number of likely N-dealkylation sites (N-methyl/N-ethyl adjacent to an activating group) is 1. The van der Waals surface area contributed by atoms with Crippen LogP contribution in [0.5, 0.6) is 0 Å². The summed E-state index contributed by atoms with van der Waals surface area (Å²) in [6, 6.07) is 8.03. The van der Waals surface area contributed by atoms with Crippen LogP contribution in [0.1, 0.15) is 31.9 Å². The second-order valence-corrected chi connectivity index (χ2v) is 7.12. The van der Waals surface area contributed by atoms with Crippen molar-refractivity contribution in [1.82, 2.24) is 15.5 Å². The summed E-state index contributed by atoms with van der Waals surface area (Å²) in [5.41, 5.74) is 1.98. The number of carbonyl (C=O) groups excluding carboxylic acids is 2. The average Bonchev–Trinajstić information content (AvgIpc) is 2.49. The van der Waals surface area contributed by atoms with E-state index in [4.69, 9.17) is 4.74 Å². The monoisotopic (exact) mass is 333 g/mol. The molecule has 1 unspecified atom stereocenters. The molecule has 1 atom stereocenters. The summed E-state index contributed by atoms with van der Waals surface area (Å²) in [6.45, 7) is 6.92. The van der Waals surface area contributed by atoms with Crippen molar-refractivity contribution >= 4 is 12.0 Å². The number of nitrogens with one attached hydrogen (secondary N) is 2. The van der Waals surface area contributed by atoms with Crippen molar-refractivity contribution in [3.05, 3.63) is 35.4 Å². The second kappa shape index (κ2) is 7.66. The van der Waals surface area contributed by atoms with Gasteiger partial charge in [-0.3, -0.25) is 9.69 Å². The molecule has 1 aromatic rings. The van der Waals surface area contributed by atoms with Crippen molar-refractivity contribution in [2.45, 2.75) is 45.4 Å². The fourth-order valence-corrected chi connectivity index (χ4v) is 2.73. The lowest BCUT2D eigenvalue weighted by Gasteiger charge is -2.33. The van der Waals surface area contributed by atoms with E-state index >= 15 is 0 Å². The summed E-state index contributed by atoms with van der Waals surface area (Å²) in [7, 11) is 1.96. The van der Waals surface area contributed by atoms with E-state index in [1.165, 1.54) is 11.1 Å². The van der Waals surface area contributed by atoms with Crippen LogP contribution in [-0.2, 0) is 22.5 Å². The topological polar surface area (TPSA) is 70.7 Å². The maximum Gasteiger partial charge on any atom is 0.407 e. The minimum atomic E-state index is -0.522. The molecule has 6 nitrogen and oxygen atoms in total. The molecule has 0 aliphatic carbocycles. The van der Waals surface area contributed by atoms with E-state index in [1.54, 1.807) is 0 Å². The highest BCUT2D eigenvalue weighted by atomic mass is 16.6. The number of fused-ring (bicyclic) bond motifs is 1. The molecule has 24 heavy (non-hydrogen) atoms. The maximum atomic E-state index is 12.4. The Hall–Kier alpha value is -2.08. The largest absolute Gasteiger partial charge is 0.444 e. The Morgan fingerprint density at radius 1 is 1.17 bits per heavy atom. The number of amides is 2. The van der Waals surface area contributed by atoms with Gasteiger partial charge in [0.05, 0.1) is 6.04 Å². The Labute approximate surface area is 143 Å². The van der Waals surface area contributed by atoms with Crippen LogP contribution in [0, 0.1) is 0 Å². The van der Waals surface area contributed by atoms with Gasteiger partial charge in [-0.1, -0.05) is 24.3 Å². The van der Waals surface area contributed by atoms with Gasteiger partial charge in [0.1, 0.15) is 5.60 Å². The first-order chi connectivity index (χ1) is 11.3. The number of nitrogens with zero attached hydrogens (tertiary/aromatic N) is 1. The van der Waals surface area contributed by atoms with Crippen LogP contribution >= 0.6 is 0 Å². The Balaban J connectivity index is 1.76. The maximum absolute atomic E-state index is 12.4. The molecule has 2 amide bonds. The van der Waals surface area contributed by atoms with Gasteiger partial charge in [0, 0.05) is 19.6 Å². The second-order valence-electron chi connectivity index (χ2n) is 7.12. The molecule has 0 saturated carbocycles. The summed E-state index contributed by atoms with van der Waals surface area (Å²) in [5, 5.41) is 5.52. The third-order valence-electron chi connectivity index (χ3n) is 3.88. The number of rotatable bonds is 4. The molecule has 0 fully saturated rings. The Morgan fingerprint density at radius 2 is 1.79 bits per heavy atom. The van der Waals surface area contributed by atoms with Gasteiger partial charge in [0.25, 0.3) is 0 Å². The van der Waals surface area contributed by atoms with E-state index in [2.05, 4.69) is 27.7 Å². The normalized spacial score (nSPS) is 17.8. The van der Waals surface area contributed by atoms with Gasteiger partial charge < -0.3 is 15.4 Å². The molecule has 1 aliphatic heterocycles. The minimum Gasteiger partial charge on any atom is -0.444 e. The van der Waals surface area contributed by atoms with E-state index in [1.807, 2.05) is 40.0 Å². The molecule has 1 heterocycles. The highest BCUT2D eigenvalue weighted by Gasteiger charge is 2.28. The number of hydrogen-bond donors (Lipinski definition) is 2. The van der Waals surface area contributed by atoms with Crippen molar-refractivity contribution in [1.29, 1.82) is 0 Å². The summed E-state index contributed by atoms with van der Waals surface area (Å²) in [6.07, 6.45) is 0.235. The molecule has 2 rings (SSSR count). The Morgan fingerprint density at radius 3 is 2.46 bits per heavy atom. The van der Waals surface area contributed by atoms with Crippen LogP contribution in [0.15, 0.2) is 24.3 Å². The van der Waals surface area contributed by atoms with Crippen LogP contribution in [0.25, 0.3) is 0 Å². The molecule has 2 N–H and O–H groups in total. The quantitative estimate of drug-likeness (QED) is 0.823. The third-order valence-corrected chi connectivity index (χ3v) is 3.88. The fraction of sp³-hybridized carbons (Fsp3) is 0.556. The zero-order chi connectivity index (χ0) is 17.7. The first kappa shape index (κ1) is 18.3. The molecule has 0 bridgehead atoms. The van der Waals surface area contributed by atoms with E-state index in [0.29, 0.717) is 19.5 Å². The summed E-state index contributed by atoms with van der Waals surface area (Å²) < 4.78 is 5.15. The van der Waals surface area contributed by atoms with E-state index in [0.717, 1.165) is 6.54 Å². The van der Waals surface area contributed by atoms with Gasteiger partial charge in [-0.2, -0.15) is 0 Å². The predicted octanol–water partition coefficient (Wildman–Crippen LogP) is 1.68. The van der Waals surface area contributed by atoms with E-state index in [-0.39, 0.29) is 11.9 Å². The van der Waals surface area contributed by atoms with Crippen molar-refractivity contribution in [2.24, 2.45) is 0 Å². The van der Waals surface area contributed by atoms with Crippen LogP contribution in [0.3, 0.4) is 0 Å². The molecule has 132 valence electrons. The van der Waals surface area contributed by atoms with Crippen LogP contribution in [-0.4, -0.2) is 48.7 Å². The lowest BCUT2D eigenvalue weighted by Crippen LogP contribution is -2.49. The molecule has 1 aliphatic rings. The Kier molecular flexibility index (Phi) is 5.83. The third kappa shape index (κ3) is 5.23. The molecule has 0 radical (unpaired) electrons. The van der Waals surface area contributed by atoms with Gasteiger partial charge in [-0.15, -0.1) is 0 Å². The van der Waals surface area contributed by atoms with Gasteiger partial charge in [0.15, 0.2) is 0 Å². The number of ether oxygens (including phenoxy) is 1. The number of benzene rings is 1. The van der Waals surface area contributed by atoms with Gasteiger partial charge in [-0.05, 0) is 45.4 Å². The van der Waals surface area contributed by atoms with E-state index in [9.17, 15) is 9.59 Å². The standard InChI is InChI=1S/C18H27N3O3/c1-18(2,3)24-17(23)20-10-9-19-16(22)15-11-13-7-5-6-8-14(13)12-21(15)4/h5-8,15H,9-12H2,1-4H3,(H,19,22)(H,20,23). The molecular formula is C18H27N3O3. The number of alkyl carbamates (subject to hydrolysis) is 1. The zero-order valence-corrected chi connectivity index (χ0v) is 14.9. The van der Waals surface area contributed by atoms with Crippen molar-refractivity contribution < 1.29 is 14.3 Å². The van der Waals surface area contributed by atoms with E-state index < -0.39 is 11.7 Å². The molecule has 0 aromatic heterocycles. The molecular weight excluding hydrogens is 306 g/mol. The van der Waals surface area contributed by atoms with Crippen molar-refractivity contribution in [2.75, 3.05) is 20.1 Å². The molecule has 1 aromatic carbocycles. The lowest BCUT2D eigenvalue weighted by molar-refractivity contribution is -0.126. The Bertz CT molecular complexity index is 595. The SMILES string of the molecule is CN1Cc2ccccc2CC1C(=O)NCCNC(=O)OC(C)(C)C. The first-order valence-electron chi connectivity index (χ1n) is 8.28. The first-order valence-corrected chi connectivity index (χ1v) is 8.28. The summed E-state index contributed by atoms with van der Waals surface area (Å²) in [5.74, 6) is -0.0157. The molecule has 0 saturated heterocycles. The summed E-state index contributed by atoms with van der Waals surface area (Å²) in [4.78, 5) is 26.0. The zero-order valence-electron chi connectivity index (χ0n) is 14.9. The van der Waals surface area contributed by atoms with Crippen LogP contribution < -0.4 is 10.6 Å². The predicted molar refractivity (Wildman–Crippen MR) is 92.6 cm³/mol.